The highest BCUT2D eigenvalue weighted by Gasteiger charge is 2.27. The van der Waals surface area contributed by atoms with Crippen LogP contribution in [0.1, 0.15) is 23.1 Å². The molecule has 0 amide bonds. The standard InChI is InChI=1S/C20H22N4O2.ClH/c21-12-15-6-8-17(9-7-15)19-22-20(26-23-19)18-14-24(10-11-25-18)13-16-4-2-1-3-5-16;/h1-9,18H,10-14,21H2;1H. The fourth-order valence-electron chi connectivity index (χ4n) is 3.11. The third-order valence-corrected chi connectivity index (χ3v) is 4.56. The minimum Gasteiger partial charge on any atom is -0.366 e. The van der Waals surface area contributed by atoms with Gasteiger partial charge in [0.25, 0.3) is 5.89 Å². The predicted octanol–water partition coefficient (Wildman–Crippen LogP) is 3.19. The third kappa shape index (κ3) is 4.73. The number of aromatic nitrogens is 2. The van der Waals surface area contributed by atoms with Crippen LogP contribution < -0.4 is 5.73 Å². The molecule has 3 aromatic rings. The van der Waals surface area contributed by atoms with Crippen LogP contribution in [0.3, 0.4) is 0 Å². The van der Waals surface area contributed by atoms with Crippen molar-refractivity contribution < 1.29 is 9.26 Å². The van der Waals surface area contributed by atoms with Crippen LogP contribution in [0.25, 0.3) is 11.4 Å². The van der Waals surface area contributed by atoms with Gasteiger partial charge in [0, 0.05) is 31.7 Å². The molecule has 142 valence electrons. The number of benzene rings is 2. The van der Waals surface area contributed by atoms with Gasteiger partial charge in [-0.3, -0.25) is 4.90 Å². The van der Waals surface area contributed by atoms with E-state index < -0.39 is 0 Å². The van der Waals surface area contributed by atoms with Crippen LogP contribution in [0.5, 0.6) is 0 Å². The van der Waals surface area contributed by atoms with Gasteiger partial charge in [0.1, 0.15) is 6.10 Å². The Morgan fingerprint density at radius 3 is 2.56 bits per heavy atom. The summed E-state index contributed by atoms with van der Waals surface area (Å²) in [6.45, 7) is 3.70. The zero-order valence-electron chi connectivity index (χ0n) is 15.0. The predicted molar refractivity (Wildman–Crippen MR) is 105 cm³/mol. The Bertz CT molecular complexity index is 839. The highest BCUT2D eigenvalue weighted by atomic mass is 35.5. The number of nitrogens with two attached hydrogens (primary N) is 1. The Kier molecular flexibility index (Phi) is 6.58. The van der Waals surface area contributed by atoms with E-state index in [0.29, 0.717) is 24.9 Å². The summed E-state index contributed by atoms with van der Waals surface area (Å²) in [5.41, 5.74) is 8.91. The van der Waals surface area contributed by atoms with Crippen LogP contribution in [0, 0.1) is 0 Å². The molecule has 0 bridgehead atoms. The highest BCUT2D eigenvalue weighted by molar-refractivity contribution is 5.85. The molecule has 6 nitrogen and oxygen atoms in total. The van der Waals surface area contributed by atoms with E-state index in [9.17, 15) is 0 Å². The van der Waals surface area contributed by atoms with Gasteiger partial charge in [0.15, 0.2) is 0 Å². The van der Waals surface area contributed by atoms with E-state index in [2.05, 4.69) is 39.3 Å². The van der Waals surface area contributed by atoms with E-state index in [0.717, 1.165) is 30.8 Å². The molecule has 7 heteroatoms. The van der Waals surface area contributed by atoms with Gasteiger partial charge in [0.2, 0.25) is 5.82 Å². The van der Waals surface area contributed by atoms with Crippen LogP contribution in [0.15, 0.2) is 59.1 Å². The number of halogens is 1. The fraction of sp³-hybridized carbons (Fsp3) is 0.300. The van der Waals surface area contributed by atoms with Crippen molar-refractivity contribution in [1.82, 2.24) is 15.0 Å². The normalized spacial score (nSPS) is 17.4. The molecule has 2 heterocycles. The molecule has 1 unspecified atom stereocenters. The summed E-state index contributed by atoms with van der Waals surface area (Å²) in [6.07, 6.45) is -0.197. The van der Waals surface area contributed by atoms with E-state index in [1.807, 2.05) is 30.3 Å². The maximum Gasteiger partial charge on any atom is 0.257 e. The summed E-state index contributed by atoms with van der Waals surface area (Å²) >= 11 is 0. The molecule has 0 spiro atoms. The molecule has 1 aliphatic heterocycles. The first-order valence-corrected chi connectivity index (χ1v) is 8.82. The SMILES string of the molecule is Cl.NCc1ccc(-c2noc(C3CN(Cc4ccccc4)CCO3)n2)cc1. The van der Waals surface area contributed by atoms with Gasteiger partial charge in [-0.1, -0.05) is 59.8 Å². The second kappa shape index (κ2) is 9.10. The monoisotopic (exact) mass is 386 g/mol. The second-order valence-electron chi connectivity index (χ2n) is 6.44. The van der Waals surface area contributed by atoms with E-state index in [-0.39, 0.29) is 18.5 Å². The maximum absolute atomic E-state index is 5.86. The number of rotatable bonds is 5. The average molecular weight is 387 g/mol. The number of hydrogen-bond donors (Lipinski definition) is 1. The molecular weight excluding hydrogens is 364 g/mol. The molecule has 1 aliphatic rings. The zero-order valence-corrected chi connectivity index (χ0v) is 15.8. The van der Waals surface area contributed by atoms with Crippen molar-refractivity contribution in [2.24, 2.45) is 5.73 Å². The van der Waals surface area contributed by atoms with E-state index >= 15 is 0 Å². The van der Waals surface area contributed by atoms with Gasteiger partial charge >= 0.3 is 0 Å². The summed E-state index contributed by atoms with van der Waals surface area (Å²) < 4.78 is 11.3. The summed E-state index contributed by atoms with van der Waals surface area (Å²) in [7, 11) is 0. The topological polar surface area (TPSA) is 77.4 Å². The lowest BCUT2D eigenvalue weighted by atomic mass is 10.1. The smallest absolute Gasteiger partial charge is 0.257 e. The number of morpholine rings is 1. The van der Waals surface area contributed by atoms with Gasteiger partial charge in [-0.2, -0.15) is 4.98 Å². The first kappa shape index (κ1) is 19.5. The molecule has 0 aliphatic carbocycles. The average Bonchev–Trinajstić information content (AvgIpc) is 3.19. The summed E-state index contributed by atoms with van der Waals surface area (Å²) in [5.74, 6) is 1.10. The van der Waals surface area contributed by atoms with Crippen molar-refractivity contribution >= 4 is 12.4 Å². The van der Waals surface area contributed by atoms with Gasteiger partial charge in [-0.25, -0.2) is 0 Å². The highest BCUT2D eigenvalue weighted by Crippen LogP contribution is 2.25. The molecule has 0 radical (unpaired) electrons. The lowest BCUT2D eigenvalue weighted by molar-refractivity contribution is -0.0475. The molecule has 1 atom stereocenters. The molecule has 2 N–H and O–H groups in total. The quantitative estimate of drug-likeness (QED) is 0.725. The van der Waals surface area contributed by atoms with Crippen LogP contribution in [-0.2, 0) is 17.8 Å². The number of nitrogens with zero attached hydrogens (tertiary/aromatic N) is 3. The van der Waals surface area contributed by atoms with Gasteiger partial charge < -0.3 is 15.0 Å². The van der Waals surface area contributed by atoms with Crippen LogP contribution in [0.4, 0.5) is 0 Å². The maximum atomic E-state index is 5.86. The van der Waals surface area contributed by atoms with E-state index in [1.165, 1.54) is 5.56 Å². The summed E-state index contributed by atoms with van der Waals surface area (Å²) in [4.78, 5) is 6.89. The number of ether oxygens (including phenoxy) is 1. The van der Waals surface area contributed by atoms with Gasteiger partial charge in [0.05, 0.1) is 6.61 Å². The molecule has 27 heavy (non-hydrogen) atoms. The van der Waals surface area contributed by atoms with Crippen LogP contribution in [-0.4, -0.2) is 34.7 Å². The lowest BCUT2D eigenvalue weighted by Crippen LogP contribution is -2.37. The van der Waals surface area contributed by atoms with Gasteiger partial charge in [-0.15, -0.1) is 12.4 Å². The molecule has 0 saturated carbocycles. The second-order valence-corrected chi connectivity index (χ2v) is 6.44. The van der Waals surface area contributed by atoms with E-state index in [1.54, 1.807) is 0 Å². The largest absolute Gasteiger partial charge is 0.366 e. The lowest BCUT2D eigenvalue weighted by Gasteiger charge is -2.31. The number of hydrogen-bond acceptors (Lipinski definition) is 6. The van der Waals surface area contributed by atoms with Crippen molar-refractivity contribution in [3.8, 4) is 11.4 Å². The van der Waals surface area contributed by atoms with Crippen molar-refractivity contribution in [2.45, 2.75) is 19.2 Å². The van der Waals surface area contributed by atoms with Crippen molar-refractivity contribution in [3.05, 3.63) is 71.6 Å². The van der Waals surface area contributed by atoms with Crippen molar-refractivity contribution in [3.63, 3.8) is 0 Å². The molecule has 2 aromatic carbocycles. The minimum atomic E-state index is -0.197. The zero-order chi connectivity index (χ0) is 17.8. The van der Waals surface area contributed by atoms with Crippen LogP contribution in [0.2, 0.25) is 0 Å². The first-order valence-electron chi connectivity index (χ1n) is 8.82. The molecule has 1 aromatic heterocycles. The van der Waals surface area contributed by atoms with Gasteiger partial charge in [-0.05, 0) is 11.1 Å². The molecule has 1 fully saturated rings. The first-order chi connectivity index (χ1) is 12.8. The Hall–Kier alpha value is -2.25. The Labute approximate surface area is 164 Å². The van der Waals surface area contributed by atoms with Crippen molar-refractivity contribution in [1.29, 1.82) is 0 Å². The van der Waals surface area contributed by atoms with Crippen molar-refractivity contribution in [2.75, 3.05) is 19.7 Å². The Balaban J connectivity index is 0.00000210. The van der Waals surface area contributed by atoms with E-state index in [4.69, 9.17) is 15.0 Å². The fourth-order valence-corrected chi connectivity index (χ4v) is 3.11. The molecular formula is C20H23ClN4O2. The molecule has 4 rings (SSSR count). The Morgan fingerprint density at radius 1 is 1.04 bits per heavy atom. The molecule has 1 saturated heterocycles. The summed E-state index contributed by atoms with van der Waals surface area (Å²) in [5, 5.41) is 4.11. The minimum absolute atomic E-state index is 0. The summed E-state index contributed by atoms with van der Waals surface area (Å²) in [6, 6.07) is 18.3. The Morgan fingerprint density at radius 2 is 1.81 bits per heavy atom. The van der Waals surface area contributed by atoms with Crippen LogP contribution >= 0.6 is 12.4 Å². The third-order valence-electron chi connectivity index (χ3n) is 4.56.